The molecule has 7 nitrogen and oxygen atoms in total. The minimum atomic E-state index is -0.166. The molecule has 1 N–H and O–H groups in total. The summed E-state index contributed by atoms with van der Waals surface area (Å²) in [4.78, 5) is 19.3. The molecule has 1 amide bonds. The first-order valence-corrected chi connectivity index (χ1v) is 11.7. The standard InChI is InChI=1S/C29H30N4O3/c1-19-17-24(12-14-26(19)21-8-10-22(11-9-21)28-30-20(2)36-32-28)29(34)31-25-13-15-27(35-5)23(18-25)7-6-16-33(3)4/h6-15,17-18H,16H2,1-5H3,(H,31,34). The van der Waals surface area contributed by atoms with Crippen molar-refractivity contribution in [3.63, 3.8) is 0 Å². The van der Waals surface area contributed by atoms with Crippen LogP contribution in [0.25, 0.3) is 28.6 Å². The number of nitrogens with zero attached hydrogens (tertiary/aromatic N) is 3. The van der Waals surface area contributed by atoms with Gasteiger partial charge in [-0.2, -0.15) is 4.98 Å². The van der Waals surface area contributed by atoms with Crippen molar-refractivity contribution in [2.45, 2.75) is 13.8 Å². The van der Waals surface area contributed by atoms with Gasteiger partial charge in [0.2, 0.25) is 11.7 Å². The summed E-state index contributed by atoms with van der Waals surface area (Å²) in [6.45, 7) is 4.58. The molecule has 0 radical (unpaired) electrons. The van der Waals surface area contributed by atoms with Crippen molar-refractivity contribution in [1.82, 2.24) is 15.0 Å². The Kier molecular flexibility index (Phi) is 7.61. The average Bonchev–Trinajstić information content (AvgIpc) is 3.30. The van der Waals surface area contributed by atoms with E-state index in [-0.39, 0.29) is 5.91 Å². The van der Waals surface area contributed by atoms with Crippen molar-refractivity contribution in [1.29, 1.82) is 0 Å². The largest absolute Gasteiger partial charge is 0.496 e. The van der Waals surface area contributed by atoms with Crippen LogP contribution in [0.5, 0.6) is 5.75 Å². The Labute approximate surface area is 211 Å². The highest BCUT2D eigenvalue weighted by atomic mass is 16.5. The molecule has 0 unspecified atom stereocenters. The fourth-order valence-corrected chi connectivity index (χ4v) is 3.88. The van der Waals surface area contributed by atoms with Crippen LogP contribution in [0.4, 0.5) is 5.69 Å². The van der Waals surface area contributed by atoms with Gasteiger partial charge in [-0.05, 0) is 68.0 Å². The number of amides is 1. The van der Waals surface area contributed by atoms with E-state index in [1.165, 1.54) is 0 Å². The van der Waals surface area contributed by atoms with E-state index >= 15 is 0 Å². The molecule has 4 aromatic rings. The zero-order valence-electron chi connectivity index (χ0n) is 21.2. The smallest absolute Gasteiger partial charge is 0.255 e. The van der Waals surface area contributed by atoms with Crippen molar-refractivity contribution in [3.8, 4) is 28.3 Å². The Hall–Kier alpha value is -4.23. The first-order chi connectivity index (χ1) is 17.3. The third kappa shape index (κ3) is 5.87. The summed E-state index contributed by atoms with van der Waals surface area (Å²) in [5.41, 5.74) is 6.21. The Morgan fingerprint density at radius 1 is 1.03 bits per heavy atom. The molecule has 0 aliphatic carbocycles. The predicted molar refractivity (Wildman–Crippen MR) is 143 cm³/mol. The molecule has 4 rings (SSSR count). The minimum Gasteiger partial charge on any atom is -0.496 e. The molecule has 0 aliphatic rings. The monoisotopic (exact) mass is 482 g/mol. The van der Waals surface area contributed by atoms with E-state index in [1.54, 1.807) is 14.0 Å². The van der Waals surface area contributed by atoms with E-state index in [4.69, 9.17) is 9.26 Å². The van der Waals surface area contributed by atoms with Gasteiger partial charge in [0.1, 0.15) is 5.75 Å². The molecule has 0 saturated heterocycles. The lowest BCUT2D eigenvalue weighted by atomic mass is 9.97. The number of ether oxygens (including phenoxy) is 1. The van der Waals surface area contributed by atoms with E-state index in [2.05, 4.69) is 26.4 Å². The van der Waals surface area contributed by atoms with Crippen molar-refractivity contribution >= 4 is 17.7 Å². The van der Waals surface area contributed by atoms with Crippen LogP contribution in [0.2, 0.25) is 0 Å². The van der Waals surface area contributed by atoms with Gasteiger partial charge in [-0.1, -0.05) is 47.6 Å². The molecule has 184 valence electrons. The van der Waals surface area contributed by atoms with Gasteiger partial charge in [0, 0.05) is 35.8 Å². The van der Waals surface area contributed by atoms with Gasteiger partial charge in [-0.25, -0.2) is 0 Å². The number of carbonyl (C=O) groups excluding carboxylic acids is 1. The number of rotatable bonds is 8. The summed E-state index contributed by atoms with van der Waals surface area (Å²) in [5, 5.41) is 6.97. The van der Waals surface area contributed by atoms with E-state index in [0.717, 1.165) is 40.1 Å². The number of benzene rings is 3. The van der Waals surface area contributed by atoms with Crippen LogP contribution in [0.1, 0.15) is 27.4 Å². The summed E-state index contributed by atoms with van der Waals surface area (Å²) in [5.74, 6) is 1.69. The van der Waals surface area contributed by atoms with Gasteiger partial charge in [0.05, 0.1) is 7.11 Å². The number of aromatic nitrogens is 2. The third-order valence-electron chi connectivity index (χ3n) is 5.73. The molecule has 7 heteroatoms. The van der Waals surface area contributed by atoms with Crippen LogP contribution in [0.15, 0.2) is 71.3 Å². The SMILES string of the molecule is COc1ccc(NC(=O)c2ccc(-c3ccc(-c4noc(C)n4)cc3)c(C)c2)cc1C=CCN(C)C. The number of nitrogens with one attached hydrogen (secondary N) is 1. The maximum atomic E-state index is 13.0. The van der Waals surface area contributed by atoms with Crippen molar-refractivity contribution in [2.75, 3.05) is 33.1 Å². The van der Waals surface area contributed by atoms with Crippen LogP contribution in [0, 0.1) is 13.8 Å². The molecule has 1 heterocycles. The molecule has 0 fully saturated rings. The van der Waals surface area contributed by atoms with Gasteiger partial charge in [-0.15, -0.1) is 0 Å². The highest BCUT2D eigenvalue weighted by Crippen LogP contribution is 2.28. The number of hydrogen-bond acceptors (Lipinski definition) is 6. The second-order valence-corrected chi connectivity index (χ2v) is 8.82. The normalized spacial score (nSPS) is 11.3. The minimum absolute atomic E-state index is 0.166. The molecule has 36 heavy (non-hydrogen) atoms. The fraction of sp³-hybridized carbons (Fsp3) is 0.207. The summed E-state index contributed by atoms with van der Waals surface area (Å²) in [6.07, 6.45) is 4.06. The van der Waals surface area contributed by atoms with Crippen LogP contribution in [-0.4, -0.2) is 48.7 Å². The zero-order chi connectivity index (χ0) is 25.7. The van der Waals surface area contributed by atoms with Crippen molar-refractivity contribution < 1.29 is 14.1 Å². The second-order valence-electron chi connectivity index (χ2n) is 8.82. The molecule has 0 saturated carbocycles. The highest BCUT2D eigenvalue weighted by molar-refractivity contribution is 6.05. The summed E-state index contributed by atoms with van der Waals surface area (Å²) >= 11 is 0. The van der Waals surface area contributed by atoms with Gasteiger partial charge in [0.15, 0.2) is 0 Å². The van der Waals surface area contributed by atoms with Gasteiger partial charge >= 0.3 is 0 Å². The van der Waals surface area contributed by atoms with E-state index < -0.39 is 0 Å². The Morgan fingerprint density at radius 2 is 1.78 bits per heavy atom. The lowest BCUT2D eigenvalue weighted by Gasteiger charge is -2.12. The number of anilines is 1. The van der Waals surface area contributed by atoms with Gasteiger partial charge < -0.3 is 19.5 Å². The number of methoxy groups -OCH3 is 1. The van der Waals surface area contributed by atoms with E-state index in [1.807, 2.05) is 87.8 Å². The Balaban J connectivity index is 1.49. The maximum Gasteiger partial charge on any atom is 0.255 e. The van der Waals surface area contributed by atoms with Gasteiger partial charge in [-0.3, -0.25) is 4.79 Å². The maximum absolute atomic E-state index is 13.0. The van der Waals surface area contributed by atoms with Crippen LogP contribution < -0.4 is 10.1 Å². The van der Waals surface area contributed by atoms with Crippen LogP contribution in [-0.2, 0) is 0 Å². The topological polar surface area (TPSA) is 80.5 Å². The Morgan fingerprint density at radius 3 is 2.42 bits per heavy atom. The molecule has 0 spiro atoms. The lowest BCUT2D eigenvalue weighted by Crippen LogP contribution is -2.12. The zero-order valence-corrected chi connectivity index (χ0v) is 21.2. The quantitative estimate of drug-likeness (QED) is 0.339. The molecular formula is C29H30N4O3. The third-order valence-corrected chi connectivity index (χ3v) is 5.73. The van der Waals surface area contributed by atoms with Crippen LogP contribution in [0.3, 0.4) is 0 Å². The molecular weight excluding hydrogens is 452 g/mol. The number of hydrogen-bond donors (Lipinski definition) is 1. The highest BCUT2D eigenvalue weighted by Gasteiger charge is 2.12. The number of aryl methyl sites for hydroxylation is 2. The predicted octanol–water partition coefficient (Wildman–Crippen LogP) is 5.86. The van der Waals surface area contributed by atoms with E-state index in [0.29, 0.717) is 23.0 Å². The number of carbonyl (C=O) groups is 1. The average molecular weight is 483 g/mol. The number of likely N-dealkylation sites (N-methyl/N-ethyl adjacent to an activating group) is 1. The first-order valence-electron chi connectivity index (χ1n) is 11.7. The molecule has 1 aromatic heterocycles. The first kappa shape index (κ1) is 24.9. The van der Waals surface area contributed by atoms with Crippen LogP contribution >= 0.6 is 0 Å². The lowest BCUT2D eigenvalue weighted by molar-refractivity contribution is 0.102. The van der Waals surface area contributed by atoms with Crippen molar-refractivity contribution in [2.24, 2.45) is 0 Å². The molecule has 0 atom stereocenters. The molecule has 0 bridgehead atoms. The summed E-state index contributed by atoms with van der Waals surface area (Å²) in [7, 11) is 5.66. The Bertz CT molecular complexity index is 1390. The summed E-state index contributed by atoms with van der Waals surface area (Å²) < 4.78 is 10.5. The molecule has 3 aromatic carbocycles. The van der Waals surface area contributed by atoms with Crippen molar-refractivity contribution in [3.05, 3.63) is 89.3 Å². The van der Waals surface area contributed by atoms with E-state index in [9.17, 15) is 4.79 Å². The molecule has 0 aliphatic heterocycles. The fourth-order valence-electron chi connectivity index (χ4n) is 3.88. The second kappa shape index (κ2) is 11.0. The summed E-state index contributed by atoms with van der Waals surface area (Å²) in [6, 6.07) is 19.3. The van der Waals surface area contributed by atoms with Gasteiger partial charge in [0.25, 0.3) is 5.91 Å².